The summed E-state index contributed by atoms with van der Waals surface area (Å²) in [6.07, 6.45) is 3.20. The zero-order chi connectivity index (χ0) is 14.5. The van der Waals surface area contributed by atoms with Crippen molar-refractivity contribution in [3.63, 3.8) is 0 Å². The second-order valence-corrected chi connectivity index (χ2v) is 5.33. The summed E-state index contributed by atoms with van der Waals surface area (Å²) in [5.41, 5.74) is 5.70. The minimum Gasteiger partial charge on any atom is -0.271 e. The van der Waals surface area contributed by atoms with E-state index in [-0.39, 0.29) is 11.9 Å². The molecule has 0 spiro atoms. The molecule has 1 aromatic carbocycles. The SMILES string of the molecule is CCc1cccnc1C(Cc1cccc(F)c1Br)NN. The van der Waals surface area contributed by atoms with Crippen LogP contribution in [-0.4, -0.2) is 4.98 Å². The fraction of sp³-hybridized carbons (Fsp3) is 0.267. The van der Waals surface area contributed by atoms with Gasteiger partial charge < -0.3 is 0 Å². The molecule has 106 valence electrons. The predicted molar refractivity (Wildman–Crippen MR) is 81.5 cm³/mol. The summed E-state index contributed by atoms with van der Waals surface area (Å²) < 4.78 is 14.0. The Hall–Kier alpha value is -1.30. The first kappa shape index (κ1) is 15.1. The highest BCUT2D eigenvalue weighted by Gasteiger charge is 2.17. The van der Waals surface area contributed by atoms with Gasteiger partial charge in [0.25, 0.3) is 0 Å². The van der Waals surface area contributed by atoms with Crippen LogP contribution in [-0.2, 0) is 12.8 Å². The van der Waals surface area contributed by atoms with E-state index in [1.54, 1.807) is 12.3 Å². The van der Waals surface area contributed by atoms with Crippen LogP contribution in [0.2, 0.25) is 0 Å². The van der Waals surface area contributed by atoms with Crippen LogP contribution in [0.1, 0.15) is 29.8 Å². The molecule has 0 aliphatic carbocycles. The molecular formula is C15H17BrFN3. The van der Waals surface area contributed by atoms with Gasteiger partial charge in [-0.1, -0.05) is 25.1 Å². The maximum absolute atomic E-state index is 13.6. The molecule has 0 saturated carbocycles. The topological polar surface area (TPSA) is 50.9 Å². The Morgan fingerprint density at radius 1 is 1.30 bits per heavy atom. The summed E-state index contributed by atoms with van der Waals surface area (Å²) in [5.74, 6) is 5.40. The predicted octanol–water partition coefficient (Wildman–Crippen LogP) is 3.29. The second-order valence-electron chi connectivity index (χ2n) is 4.54. The molecule has 1 atom stereocenters. The van der Waals surface area contributed by atoms with E-state index in [4.69, 9.17) is 5.84 Å². The number of nitrogens with two attached hydrogens (primary N) is 1. The third-order valence-electron chi connectivity index (χ3n) is 3.29. The number of aryl methyl sites for hydroxylation is 1. The van der Waals surface area contributed by atoms with Crippen LogP contribution in [0.15, 0.2) is 41.0 Å². The van der Waals surface area contributed by atoms with Gasteiger partial charge in [0.1, 0.15) is 5.82 Å². The number of benzene rings is 1. The third-order valence-corrected chi connectivity index (χ3v) is 4.18. The number of nitrogens with zero attached hydrogens (tertiary/aromatic N) is 1. The van der Waals surface area contributed by atoms with Crippen LogP contribution < -0.4 is 11.3 Å². The first-order valence-corrected chi connectivity index (χ1v) is 7.29. The van der Waals surface area contributed by atoms with E-state index in [1.807, 2.05) is 18.2 Å². The van der Waals surface area contributed by atoms with E-state index in [9.17, 15) is 4.39 Å². The lowest BCUT2D eigenvalue weighted by atomic mass is 9.99. The van der Waals surface area contributed by atoms with Gasteiger partial charge in [-0.05, 0) is 52.0 Å². The number of hydrogen-bond donors (Lipinski definition) is 2. The highest BCUT2D eigenvalue weighted by atomic mass is 79.9. The van der Waals surface area contributed by atoms with Gasteiger partial charge in [0.2, 0.25) is 0 Å². The van der Waals surface area contributed by atoms with E-state index in [1.165, 1.54) is 6.07 Å². The van der Waals surface area contributed by atoms with E-state index < -0.39 is 0 Å². The largest absolute Gasteiger partial charge is 0.271 e. The number of aromatic nitrogens is 1. The minimum atomic E-state index is -0.269. The third kappa shape index (κ3) is 3.23. The highest BCUT2D eigenvalue weighted by molar-refractivity contribution is 9.10. The van der Waals surface area contributed by atoms with Crippen LogP contribution in [0.25, 0.3) is 0 Å². The Kier molecular flexibility index (Phi) is 5.23. The number of pyridine rings is 1. The average Bonchev–Trinajstić information content (AvgIpc) is 2.49. The molecule has 0 aliphatic heterocycles. The van der Waals surface area contributed by atoms with Gasteiger partial charge in [0.15, 0.2) is 0 Å². The fourth-order valence-corrected chi connectivity index (χ4v) is 2.65. The van der Waals surface area contributed by atoms with Gasteiger partial charge in [0, 0.05) is 6.20 Å². The Morgan fingerprint density at radius 2 is 2.05 bits per heavy atom. The number of halogens is 2. The second kappa shape index (κ2) is 6.92. The van der Waals surface area contributed by atoms with E-state index in [0.717, 1.165) is 23.2 Å². The summed E-state index contributed by atoms with van der Waals surface area (Å²) in [5, 5.41) is 0. The Morgan fingerprint density at radius 3 is 2.75 bits per heavy atom. The summed E-state index contributed by atoms with van der Waals surface area (Å²) in [4.78, 5) is 4.42. The molecule has 1 aromatic heterocycles. The van der Waals surface area contributed by atoms with Gasteiger partial charge in [-0.15, -0.1) is 0 Å². The maximum atomic E-state index is 13.6. The van der Waals surface area contributed by atoms with Gasteiger partial charge in [0.05, 0.1) is 16.2 Å². The van der Waals surface area contributed by atoms with E-state index in [2.05, 4.69) is 33.3 Å². The van der Waals surface area contributed by atoms with Gasteiger partial charge in [-0.25, -0.2) is 4.39 Å². The monoisotopic (exact) mass is 337 g/mol. The van der Waals surface area contributed by atoms with Gasteiger partial charge in [-0.3, -0.25) is 16.3 Å². The molecule has 0 bridgehead atoms. The molecule has 1 heterocycles. The molecule has 20 heavy (non-hydrogen) atoms. The zero-order valence-electron chi connectivity index (χ0n) is 11.2. The summed E-state index contributed by atoms with van der Waals surface area (Å²) >= 11 is 3.28. The number of rotatable bonds is 5. The highest BCUT2D eigenvalue weighted by Crippen LogP contribution is 2.26. The van der Waals surface area contributed by atoms with Crippen molar-refractivity contribution in [2.24, 2.45) is 5.84 Å². The first-order chi connectivity index (χ1) is 9.67. The fourth-order valence-electron chi connectivity index (χ4n) is 2.22. The molecule has 0 fully saturated rings. The molecule has 0 amide bonds. The normalized spacial score (nSPS) is 12.4. The molecule has 0 radical (unpaired) electrons. The summed E-state index contributed by atoms with van der Waals surface area (Å²) in [6.45, 7) is 2.08. The minimum absolute atomic E-state index is 0.149. The van der Waals surface area contributed by atoms with E-state index >= 15 is 0 Å². The molecule has 2 rings (SSSR count). The Balaban J connectivity index is 2.31. The molecule has 5 heteroatoms. The lowest BCUT2D eigenvalue weighted by Gasteiger charge is -2.19. The number of nitrogens with one attached hydrogen (secondary N) is 1. The van der Waals surface area contributed by atoms with Crippen LogP contribution in [0.4, 0.5) is 4.39 Å². The van der Waals surface area contributed by atoms with Crippen LogP contribution in [0.3, 0.4) is 0 Å². The van der Waals surface area contributed by atoms with Crippen molar-refractivity contribution in [1.29, 1.82) is 0 Å². The lowest BCUT2D eigenvalue weighted by Crippen LogP contribution is -2.31. The molecule has 2 aromatic rings. The van der Waals surface area contributed by atoms with Crippen molar-refractivity contribution in [2.45, 2.75) is 25.8 Å². The smallest absolute Gasteiger partial charge is 0.137 e. The standard InChI is InChI=1S/C15H17BrFN3/c1-2-10-6-4-8-19-15(10)13(20-18)9-11-5-3-7-12(17)14(11)16/h3-8,13,20H,2,9,18H2,1H3. The molecule has 0 saturated heterocycles. The molecule has 3 nitrogen and oxygen atoms in total. The Bertz CT molecular complexity index is 589. The van der Waals surface area contributed by atoms with Gasteiger partial charge in [-0.2, -0.15) is 0 Å². The molecule has 1 unspecified atom stereocenters. The summed E-state index contributed by atoms with van der Waals surface area (Å²) in [7, 11) is 0. The zero-order valence-corrected chi connectivity index (χ0v) is 12.8. The first-order valence-electron chi connectivity index (χ1n) is 6.50. The van der Waals surface area contributed by atoms with Crippen LogP contribution >= 0.6 is 15.9 Å². The quantitative estimate of drug-likeness (QED) is 0.650. The molecule has 3 N–H and O–H groups in total. The van der Waals surface area contributed by atoms with Crippen molar-refractivity contribution in [3.8, 4) is 0 Å². The number of hydrazine groups is 1. The van der Waals surface area contributed by atoms with Crippen molar-refractivity contribution in [2.75, 3.05) is 0 Å². The van der Waals surface area contributed by atoms with Crippen molar-refractivity contribution in [1.82, 2.24) is 10.4 Å². The molecular weight excluding hydrogens is 321 g/mol. The van der Waals surface area contributed by atoms with Crippen molar-refractivity contribution >= 4 is 15.9 Å². The van der Waals surface area contributed by atoms with Gasteiger partial charge >= 0.3 is 0 Å². The summed E-state index contributed by atoms with van der Waals surface area (Å²) in [6, 6.07) is 8.80. The molecule has 0 aliphatic rings. The Labute approximate surface area is 126 Å². The van der Waals surface area contributed by atoms with Crippen LogP contribution in [0, 0.1) is 5.82 Å². The maximum Gasteiger partial charge on any atom is 0.137 e. The number of hydrogen-bond acceptors (Lipinski definition) is 3. The van der Waals surface area contributed by atoms with Crippen LogP contribution in [0.5, 0.6) is 0 Å². The van der Waals surface area contributed by atoms with Crippen molar-refractivity contribution in [3.05, 3.63) is 63.6 Å². The van der Waals surface area contributed by atoms with E-state index in [0.29, 0.717) is 10.9 Å². The average molecular weight is 338 g/mol. The lowest BCUT2D eigenvalue weighted by molar-refractivity contribution is 0.529. The van der Waals surface area contributed by atoms with Crippen molar-refractivity contribution < 1.29 is 4.39 Å².